The van der Waals surface area contributed by atoms with Crippen molar-refractivity contribution in [3.8, 4) is 5.88 Å². The van der Waals surface area contributed by atoms with Crippen molar-refractivity contribution in [3.63, 3.8) is 0 Å². The van der Waals surface area contributed by atoms with Crippen LogP contribution in [0.25, 0.3) is 0 Å². The van der Waals surface area contributed by atoms with Crippen molar-refractivity contribution in [1.82, 2.24) is 19.9 Å². The summed E-state index contributed by atoms with van der Waals surface area (Å²) in [5.41, 5.74) is 0.870. The summed E-state index contributed by atoms with van der Waals surface area (Å²) in [4.78, 5) is 28.8. The first kappa shape index (κ1) is 22.3. The maximum atomic E-state index is 12.0. The maximum absolute atomic E-state index is 12.0. The molecule has 0 atom stereocenters. The normalized spacial score (nSPS) is 16.9. The van der Waals surface area contributed by atoms with Crippen LogP contribution in [0.3, 0.4) is 0 Å². The number of nitrogens with zero attached hydrogens (tertiary/aromatic N) is 5. The van der Waals surface area contributed by atoms with Crippen LogP contribution in [0.1, 0.15) is 32.3 Å². The van der Waals surface area contributed by atoms with Crippen molar-refractivity contribution >= 4 is 27.6 Å². The average Bonchev–Trinajstić information content (AvgIpc) is 3.17. The summed E-state index contributed by atoms with van der Waals surface area (Å²) in [6.45, 7) is 5.45. The number of amides is 1. The van der Waals surface area contributed by atoms with Crippen LogP contribution in [0.15, 0.2) is 29.6 Å². The van der Waals surface area contributed by atoms with E-state index in [4.69, 9.17) is 9.47 Å². The van der Waals surface area contributed by atoms with Gasteiger partial charge in [0.25, 0.3) is 0 Å². The minimum Gasteiger partial charge on any atom is -0.474 e. The van der Waals surface area contributed by atoms with E-state index in [1.165, 1.54) is 18.8 Å². The zero-order valence-corrected chi connectivity index (χ0v) is 19.2. The minimum atomic E-state index is -3.30. The van der Waals surface area contributed by atoms with Gasteiger partial charge in [0.15, 0.2) is 9.84 Å². The molecule has 2 aliphatic rings. The molecule has 0 radical (unpaired) electrons. The van der Waals surface area contributed by atoms with Crippen molar-refractivity contribution in [2.24, 2.45) is 0 Å². The Morgan fingerprint density at radius 3 is 2.56 bits per heavy atom. The molecule has 2 aromatic rings. The zero-order chi connectivity index (χ0) is 22.9. The lowest BCUT2D eigenvalue weighted by Crippen LogP contribution is -2.42. The fourth-order valence-corrected chi connectivity index (χ4v) is 4.42. The Hall–Kier alpha value is -2.95. The molecule has 0 bridgehead atoms. The molecule has 10 nitrogen and oxygen atoms in total. The lowest BCUT2D eigenvalue weighted by atomic mass is 10.1. The van der Waals surface area contributed by atoms with Gasteiger partial charge in [-0.25, -0.2) is 28.2 Å². The van der Waals surface area contributed by atoms with Gasteiger partial charge in [-0.1, -0.05) is 0 Å². The highest BCUT2D eigenvalue weighted by atomic mass is 32.2. The third-order valence-corrected chi connectivity index (χ3v) is 6.51. The SMILES string of the molecule is CC(C)OC(=O)N1CCC(Oc2cc(N3CCc4cc(S(C)(=O)=O)cnc43)ncn2)CC1. The van der Waals surface area contributed by atoms with Crippen LogP contribution >= 0.6 is 0 Å². The molecular weight excluding hydrogens is 434 g/mol. The first-order chi connectivity index (χ1) is 15.2. The Morgan fingerprint density at radius 1 is 1.12 bits per heavy atom. The van der Waals surface area contributed by atoms with E-state index < -0.39 is 9.84 Å². The van der Waals surface area contributed by atoms with Crippen molar-refractivity contribution in [1.29, 1.82) is 0 Å². The number of likely N-dealkylation sites (tertiary alicyclic amines) is 1. The summed E-state index contributed by atoms with van der Waals surface area (Å²) < 4.78 is 34.9. The van der Waals surface area contributed by atoms with Gasteiger partial charge in [0.1, 0.15) is 24.1 Å². The molecular formula is C21H27N5O5S. The summed E-state index contributed by atoms with van der Waals surface area (Å²) in [6, 6.07) is 3.44. The summed E-state index contributed by atoms with van der Waals surface area (Å²) in [6.07, 6.45) is 5.57. The number of sulfone groups is 1. The summed E-state index contributed by atoms with van der Waals surface area (Å²) in [5.74, 6) is 1.80. The van der Waals surface area contributed by atoms with Gasteiger partial charge in [0.2, 0.25) is 5.88 Å². The van der Waals surface area contributed by atoms with Gasteiger partial charge < -0.3 is 19.3 Å². The minimum absolute atomic E-state index is 0.0536. The number of piperidine rings is 1. The predicted molar refractivity (Wildman–Crippen MR) is 117 cm³/mol. The highest BCUT2D eigenvalue weighted by Crippen LogP contribution is 2.33. The number of aromatic nitrogens is 3. The molecule has 1 amide bonds. The molecule has 0 unspecified atom stereocenters. The molecule has 11 heteroatoms. The number of carbonyl (C=O) groups is 1. The molecule has 172 valence electrons. The summed E-state index contributed by atoms with van der Waals surface area (Å²) in [7, 11) is -3.30. The van der Waals surface area contributed by atoms with E-state index in [-0.39, 0.29) is 23.2 Å². The topological polar surface area (TPSA) is 115 Å². The van der Waals surface area contributed by atoms with Crippen LogP contribution in [-0.2, 0) is 21.0 Å². The van der Waals surface area contributed by atoms with Crippen LogP contribution < -0.4 is 9.64 Å². The molecule has 4 rings (SSSR count). The Labute approximate surface area is 187 Å². The smallest absolute Gasteiger partial charge is 0.410 e. The molecule has 2 aliphatic heterocycles. The van der Waals surface area contributed by atoms with Crippen LogP contribution in [0, 0.1) is 0 Å². The van der Waals surface area contributed by atoms with Gasteiger partial charge in [-0.3, -0.25) is 0 Å². The number of fused-ring (bicyclic) bond motifs is 1. The lowest BCUT2D eigenvalue weighted by molar-refractivity contribution is 0.0507. The highest BCUT2D eigenvalue weighted by molar-refractivity contribution is 7.90. The number of carbonyl (C=O) groups excluding carboxylic acids is 1. The average molecular weight is 462 g/mol. The zero-order valence-electron chi connectivity index (χ0n) is 18.4. The molecule has 32 heavy (non-hydrogen) atoms. The molecule has 4 heterocycles. The number of hydrogen-bond acceptors (Lipinski definition) is 9. The van der Waals surface area contributed by atoms with E-state index in [1.807, 2.05) is 18.7 Å². The molecule has 0 aliphatic carbocycles. The fraction of sp³-hybridized carbons (Fsp3) is 0.524. The second kappa shape index (κ2) is 8.89. The van der Waals surface area contributed by atoms with Crippen LogP contribution in [0.2, 0.25) is 0 Å². The van der Waals surface area contributed by atoms with Crippen LogP contribution in [0.5, 0.6) is 5.88 Å². The lowest BCUT2D eigenvalue weighted by Gasteiger charge is -2.31. The largest absolute Gasteiger partial charge is 0.474 e. The van der Waals surface area contributed by atoms with Gasteiger partial charge in [0.05, 0.1) is 11.0 Å². The molecule has 1 fully saturated rings. The van der Waals surface area contributed by atoms with Gasteiger partial charge >= 0.3 is 6.09 Å². The van der Waals surface area contributed by atoms with E-state index in [1.54, 1.807) is 17.0 Å². The molecule has 0 N–H and O–H groups in total. The second-order valence-electron chi connectivity index (χ2n) is 8.28. The van der Waals surface area contributed by atoms with Gasteiger partial charge in [-0.05, 0) is 31.9 Å². The highest BCUT2D eigenvalue weighted by Gasteiger charge is 2.27. The van der Waals surface area contributed by atoms with Crippen molar-refractivity contribution in [3.05, 3.63) is 30.2 Å². The number of rotatable bonds is 5. The third kappa shape index (κ3) is 4.93. The molecule has 0 aromatic carbocycles. The van der Waals surface area contributed by atoms with Crippen molar-refractivity contribution in [2.45, 2.75) is 50.2 Å². The van der Waals surface area contributed by atoms with Gasteiger partial charge in [-0.2, -0.15) is 0 Å². The van der Waals surface area contributed by atoms with E-state index in [0.717, 1.165) is 5.56 Å². The fourth-order valence-electron chi connectivity index (χ4n) is 3.82. The number of pyridine rings is 1. The number of hydrogen-bond donors (Lipinski definition) is 0. The number of anilines is 2. The van der Waals surface area contributed by atoms with Gasteiger partial charge in [0, 0.05) is 51.0 Å². The first-order valence-electron chi connectivity index (χ1n) is 10.6. The molecule has 0 saturated carbocycles. The third-order valence-electron chi connectivity index (χ3n) is 5.43. The predicted octanol–water partition coefficient (Wildman–Crippen LogP) is 2.36. The first-order valence-corrected chi connectivity index (χ1v) is 12.5. The van der Waals surface area contributed by atoms with Crippen molar-refractivity contribution in [2.75, 3.05) is 30.8 Å². The maximum Gasteiger partial charge on any atom is 0.410 e. The Bertz CT molecular complexity index is 1100. The monoisotopic (exact) mass is 461 g/mol. The Balaban J connectivity index is 1.41. The summed E-state index contributed by atoms with van der Waals surface area (Å²) >= 11 is 0. The van der Waals surface area contributed by atoms with Crippen molar-refractivity contribution < 1.29 is 22.7 Å². The Morgan fingerprint density at radius 2 is 1.88 bits per heavy atom. The second-order valence-corrected chi connectivity index (χ2v) is 10.3. The quantitative estimate of drug-likeness (QED) is 0.662. The standard InChI is InChI=1S/C21H27N5O5S/c1-14(2)30-21(27)25-7-5-16(6-8-25)31-19-11-18(23-13-24-19)26-9-4-15-10-17(32(3,28)29)12-22-20(15)26/h10-14,16H,4-9H2,1-3H3. The number of ether oxygens (including phenoxy) is 2. The van der Waals surface area contributed by atoms with E-state index in [0.29, 0.717) is 56.4 Å². The molecule has 0 spiro atoms. The van der Waals surface area contributed by atoms with Crippen LogP contribution in [-0.4, -0.2) is 72.5 Å². The Kier molecular flexibility index (Phi) is 6.18. The molecule has 2 aromatic heterocycles. The van der Waals surface area contributed by atoms with Gasteiger partial charge in [-0.15, -0.1) is 0 Å². The van der Waals surface area contributed by atoms with E-state index >= 15 is 0 Å². The summed E-state index contributed by atoms with van der Waals surface area (Å²) in [5, 5.41) is 0. The van der Waals surface area contributed by atoms with Crippen LogP contribution in [0.4, 0.5) is 16.4 Å². The van der Waals surface area contributed by atoms with E-state index in [9.17, 15) is 13.2 Å². The molecule has 1 saturated heterocycles. The van der Waals surface area contributed by atoms with E-state index in [2.05, 4.69) is 15.0 Å².